The van der Waals surface area contributed by atoms with Crippen LogP contribution in [0.3, 0.4) is 0 Å². The molecular weight excluding hydrogens is 679 g/mol. The zero-order valence-electron chi connectivity index (χ0n) is 30.6. The molecule has 2 nitrogen and oxygen atoms in total. The summed E-state index contributed by atoms with van der Waals surface area (Å²) in [5.41, 5.74) is 12.2. The smallest absolute Gasteiger partial charge is 0.136 e. The summed E-state index contributed by atoms with van der Waals surface area (Å²) in [7, 11) is 0. The molecule has 11 aromatic rings. The molecule has 0 spiro atoms. The molecule has 262 valence electrons. The Morgan fingerprint density at radius 3 is 1.55 bits per heavy atom. The molecule has 11 rings (SSSR count). The number of hydrogen-bond acceptors (Lipinski definition) is 2. The van der Waals surface area contributed by atoms with Crippen molar-refractivity contribution in [2.75, 3.05) is 4.90 Å². The molecule has 10 aromatic carbocycles. The van der Waals surface area contributed by atoms with Gasteiger partial charge in [0.15, 0.2) is 0 Å². The SMILES string of the molecule is c1ccc(-c2ccc(N(c3ccc(-c4ccc5c(c4)c(-c4ccc6ccccc6c4)cc4oc6ccccc6c45)cc3)c3ccc4ccccc4c3)cc2)cc1. The van der Waals surface area contributed by atoms with E-state index in [4.69, 9.17) is 4.42 Å². The first-order valence-corrected chi connectivity index (χ1v) is 19.2. The molecule has 0 aliphatic rings. The van der Waals surface area contributed by atoms with E-state index >= 15 is 0 Å². The Balaban J connectivity index is 1.04. The van der Waals surface area contributed by atoms with Gasteiger partial charge in [0, 0.05) is 27.8 Å². The van der Waals surface area contributed by atoms with E-state index in [0.29, 0.717) is 0 Å². The normalized spacial score (nSPS) is 11.6. The van der Waals surface area contributed by atoms with Gasteiger partial charge in [0.25, 0.3) is 0 Å². The second-order valence-corrected chi connectivity index (χ2v) is 14.5. The van der Waals surface area contributed by atoms with Crippen molar-refractivity contribution in [2.24, 2.45) is 0 Å². The lowest BCUT2D eigenvalue weighted by Crippen LogP contribution is -2.09. The summed E-state index contributed by atoms with van der Waals surface area (Å²) in [5, 5.41) is 9.59. The van der Waals surface area contributed by atoms with Crippen molar-refractivity contribution < 1.29 is 4.42 Å². The molecule has 0 saturated carbocycles. The fourth-order valence-corrected chi connectivity index (χ4v) is 8.41. The van der Waals surface area contributed by atoms with Gasteiger partial charge in [0.1, 0.15) is 11.2 Å². The van der Waals surface area contributed by atoms with Crippen LogP contribution in [0.1, 0.15) is 0 Å². The fourth-order valence-electron chi connectivity index (χ4n) is 8.41. The van der Waals surface area contributed by atoms with Gasteiger partial charge in [-0.15, -0.1) is 0 Å². The summed E-state index contributed by atoms with van der Waals surface area (Å²) in [6.45, 7) is 0. The fraction of sp³-hybridized carbons (Fsp3) is 0. The van der Waals surface area contributed by atoms with E-state index in [1.165, 1.54) is 54.6 Å². The second-order valence-electron chi connectivity index (χ2n) is 14.5. The predicted molar refractivity (Wildman–Crippen MR) is 237 cm³/mol. The number of para-hydroxylation sites is 1. The van der Waals surface area contributed by atoms with Crippen molar-refractivity contribution in [3.05, 3.63) is 212 Å². The standard InChI is InChI=1S/C54H35NO/c1-2-10-36(11-3-1)39-20-26-45(27-21-39)55(47-30-24-38-13-5-7-15-42(38)33-47)46-28-22-40(23-29-46)43-25-31-48-51(34-43)50(44-19-18-37-12-4-6-14-41(37)32-44)35-53-54(48)49-16-8-9-17-52(49)56-53/h1-35H. The van der Waals surface area contributed by atoms with Crippen LogP contribution >= 0.6 is 0 Å². The molecule has 0 fully saturated rings. The van der Waals surface area contributed by atoms with Crippen LogP contribution in [0.2, 0.25) is 0 Å². The number of fused-ring (bicyclic) bond motifs is 7. The Kier molecular flexibility index (Phi) is 7.53. The Morgan fingerprint density at radius 2 is 0.821 bits per heavy atom. The molecule has 0 saturated heterocycles. The number of rotatable bonds is 6. The summed E-state index contributed by atoms with van der Waals surface area (Å²) in [6.07, 6.45) is 0. The van der Waals surface area contributed by atoms with Crippen LogP contribution in [0.15, 0.2) is 217 Å². The molecule has 0 aliphatic heterocycles. The van der Waals surface area contributed by atoms with E-state index in [-0.39, 0.29) is 0 Å². The maximum Gasteiger partial charge on any atom is 0.136 e. The summed E-state index contributed by atoms with van der Waals surface area (Å²) < 4.78 is 6.48. The van der Waals surface area contributed by atoms with Crippen LogP contribution in [0.25, 0.3) is 87.6 Å². The third kappa shape index (κ3) is 5.51. The third-order valence-corrected chi connectivity index (χ3v) is 11.2. The zero-order chi connectivity index (χ0) is 37.0. The van der Waals surface area contributed by atoms with Gasteiger partial charge >= 0.3 is 0 Å². The van der Waals surface area contributed by atoms with Crippen LogP contribution in [0, 0.1) is 0 Å². The summed E-state index contributed by atoms with van der Waals surface area (Å²) in [5.74, 6) is 0. The molecule has 0 aliphatic carbocycles. The van der Waals surface area contributed by atoms with E-state index in [0.717, 1.165) is 50.1 Å². The van der Waals surface area contributed by atoms with Crippen LogP contribution in [-0.4, -0.2) is 0 Å². The number of benzene rings is 10. The number of nitrogens with zero attached hydrogens (tertiary/aromatic N) is 1. The van der Waals surface area contributed by atoms with E-state index in [1.54, 1.807) is 0 Å². The highest BCUT2D eigenvalue weighted by atomic mass is 16.3. The Morgan fingerprint density at radius 1 is 0.286 bits per heavy atom. The lowest BCUT2D eigenvalue weighted by molar-refractivity contribution is 0.669. The highest BCUT2D eigenvalue weighted by Gasteiger charge is 2.18. The van der Waals surface area contributed by atoms with Crippen molar-refractivity contribution in [3.8, 4) is 33.4 Å². The lowest BCUT2D eigenvalue weighted by atomic mass is 9.91. The second kappa shape index (κ2) is 13.2. The minimum atomic E-state index is 0.907. The number of anilines is 3. The van der Waals surface area contributed by atoms with Crippen LogP contribution in [0.5, 0.6) is 0 Å². The Labute approximate surface area is 325 Å². The zero-order valence-corrected chi connectivity index (χ0v) is 30.6. The van der Waals surface area contributed by atoms with Crippen molar-refractivity contribution in [3.63, 3.8) is 0 Å². The van der Waals surface area contributed by atoms with E-state index in [9.17, 15) is 0 Å². The number of furan rings is 1. The van der Waals surface area contributed by atoms with Crippen molar-refractivity contribution in [2.45, 2.75) is 0 Å². The maximum absolute atomic E-state index is 6.48. The monoisotopic (exact) mass is 713 g/mol. The molecule has 1 aromatic heterocycles. The highest BCUT2D eigenvalue weighted by molar-refractivity contribution is 6.22. The summed E-state index contributed by atoms with van der Waals surface area (Å²) >= 11 is 0. The molecule has 56 heavy (non-hydrogen) atoms. The van der Waals surface area contributed by atoms with Crippen molar-refractivity contribution >= 4 is 71.3 Å². The first-order chi connectivity index (χ1) is 27.7. The molecule has 1 heterocycles. The topological polar surface area (TPSA) is 16.4 Å². The Hall–Kier alpha value is -7.42. The van der Waals surface area contributed by atoms with Crippen LogP contribution < -0.4 is 4.90 Å². The van der Waals surface area contributed by atoms with Gasteiger partial charge in [-0.25, -0.2) is 0 Å². The maximum atomic E-state index is 6.48. The van der Waals surface area contributed by atoms with E-state index in [1.807, 2.05) is 6.07 Å². The highest BCUT2D eigenvalue weighted by Crippen LogP contribution is 2.43. The molecule has 0 N–H and O–H groups in total. The molecule has 0 unspecified atom stereocenters. The van der Waals surface area contributed by atoms with Crippen molar-refractivity contribution in [1.82, 2.24) is 0 Å². The molecular formula is C54H35NO. The Bertz CT molecular complexity index is 3230. The first kappa shape index (κ1) is 32.0. The average Bonchev–Trinajstić information content (AvgIpc) is 3.65. The minimum Gasteiger partial charge on any atom is -0.456 e. The largest absolute Gasteiger partial charge is 0.456 e. The molecule has 0 bridgehead atoms. The minimum absolute atomic E-state index is 0.907. The van der Waals surface area contributed by atoms with Gasteiger partial charge in [-0.3, -0.25) is 0 Å². The molecule has 2 heteroatoms. The average molecular weight is 714 g/mol. The summed E-state index contributed by atoms with van der Waals surface area (Å²) in [4.78, 5) is 2.35. The van der Waals surface area contributed by atoms with Gasteiger partial charge in [-0.1, -0.05) is 152 Å². The van der Waals surface area contributed by atoms with Gasteiger partial charge in [0.05, 0.1) is 0 Å². The quantitative estimate of drug-likeness (QED) is 0.171. The molecule has 0 radical (unpaired) electrons. The molecule has 0 atom stereocenters. The molecule has 0 amide bonds. The third-order valence-electron chi connectivity index (χ3n) is 11.2. The number of hydrogen-bond donors (Lipinski definition) is 0. The van der Waals surface area contributed by atoms with Gasteiger partial charge in [-0.05, 0) is 126 Å². The van der Waals surface area contributed by atoms with E-state index in [2.05, 4.69) is 211 Å². The first-order valence-electron chi connectivity index (χ1n) is 19.2. The van der Waals surface area contributed by atoms with Gasteiger partial charge in [0.2, 0.25) is 0 Å². The van der Waals surface area contributed by atoms with E-state index < -0.39 is 0 Å². The van der Waals surface area contributed by atoms with Gasteiger partial charge in [-0.2, -0.15) is 0 Å². The van der Waals surface area contributed by atoms with Crippen LogP contribution in [0.4, 0.5) is 17.1 Å². The lowest BCUT2D eigenvalue weighted by Gasteiger charge is -2.26. The van der Waals surface area contributed by atoms with Crippen molar-refractivity contribution in [1.29, 1.82) is 0 Å². The summed E-state index contributed by atoms with van der Waals surface area (Å²) in [6, 6.07) is 76.5. The van der Waals surface area contributed by atoms with Gasteiger partial charge < -0.3 is 9.32 Å². The van der Waals surface area contributed by atoms with Crippen LogP contribution in [-0.2, 0) is 0 Å². The predicted octanol–water partition coefficient (Wildman–Crippen LogP) is 15.5.